The van der Waals surface area contributed by atoms with E-state index in [4.69, 9.17) is 4.84 Å². The van der Waals surface area contributed by atoms with E-state index in [1.807, 2.05) is 19.9 Å². The molecule has 4 nitrogen and oxygen atoms in total. The van der Waals surface area contributed by atoms with Crippen LogP contribution in [0.1, 0.15) is 30.9 Å². The Morgan fingerprint density at radius 2 is 2.05 bits per heavy atom. The van der Waals surface area contributed by atoms with Gasteiger partial charge in [0.05, 0.1) is 17.2 Å². The zero-order chi connectivity index (χ0) is 14.2. The van der Waals surface area contributed by atoms with Gasteiger partial charge in [-0.05, 0) is 29.7 Å². The first-order valence-electron chi connectivity index (χ1n) is 5.93. The Balaban J connectivity index is 2.80. The summed E-state index contributed by atoms with van der Waals surface area (Å²) in [7, 11) is -3.30. The fraction of sp³-hybridized carbons (Fsp3) is 0.385. The Morgan fingerprint density at radius 3 is 2.53 bits per heavy atom. The zero-order valence-electron chi connectivity index (χ0n) is 11.0. The van der Waals surface area contributed by atoms with Crippen LogP contribution in [0.5, 0.6) is 0 Å². The lowest BCUT2D eigenvalue weighted by Crippen LogP contribution is -2.13. The molecule has 0 saturated carbocycles. The number of benzene rings is 1. The van der Waals surface area contributed by atoms with Gasteiger partial charge in [0.15, 0.2) is 9.84 Å². The van der Waals surface area contributed by atoms with Gasteiger partial charge in [-0.1, -0.05) is 29.8 Å². The second-order valence-electron chi connectivity index (χ2n) is 4.79. The van der Waals surface area contributed by atoms with Gasteiger partial charge in [-0.15, -0.1) is 0 Å². The minimum Gasteiger partial charge on any atom is -0.272 e. The third-order valence-corrected chi connectivity index (χ3v) is 4.78. The summed E-state index contributed by atoms with van der Waals surface area (Å²) in [6, 6.07) is 3.41. The second-order valence-corrected chi connectivity index (χ2v) is 7.63. The number of nitrogens with one attached hydrogen (secondary N) is 1. The molecule has 0 amide bonds. The van der Waals surface area contributed by atoms with Crippen molar-refractivity contribution in [1.82, 2.24) is 5.48 Å². The molecule has 0 bridgehead atoms. The molecule has 0 atom stereocenters. The molecule has 0 aromatic heterocycles. The maximum absolute atomic E-state index is 12.0. The van der Waals surface area contributed by atoms with Gasteiger partial charge < -0.3 is 0 Å². The van der Waals surface area contributed by atoms with Crippen LogP contribution in [-0.4, -0.2) is 21.3 Å². The standard InChI is InChI=1S/C13H16BrNO3S/c1-8(2)12-9(14)4-5-11(19(3,16)17)13(12)10-6-7-18-15-10/h4-6,8,15H,7H2,1-3H3. The molecule has 19 heavy (non-hydrogen) atoms. The molecule has 104 valence electrons. The number of halogens is 1. The highest BCUT2D eigenvalue weighted by Crippen LogP contribution is 2.36. The lowest BCUT2D eigenvalue weighted by Gasteiger charge is -2.19. The quantitative estimate of drug-likeness (QED) is 0.915. The predicted molar refractivity (Wildman–Crippen MR) is 78.4 cm³/mol. The zero-order valence-corrected chi connectivity index (χ0v) is 13.4. The smallest absolute Gasteiger partial charge is 0.176 e. The fourth-order valence-electron chi connectivity index (χ4n) is 2.16. The van der Waals surface area contributed by atoms with E-state index in [9.17, 15) is 8.42 Å². The van der Waals surface area contributed by atoms with Gasteiger partial charge in [-0.25, -0.2) is 8.42 Å². The van der Waals surface area contributed by atoms with Gasteiger partial charge in [0.2, 0.25) is 0 Å². The number of hydrogen-bond acceptors (Lipinski definition) is 4. The van der Waals surface area contributed by atoms with Crippen LogP contribution >= 0.6 is 15.9 Å². The van der Waals surface area contributed by atoms with E-state index < -0.39 is 9.84 Å². The molecule has 0 fully saturated rings. The van der Waals surface area contributed by atoms with Crippen LogP contribution in [0, 0.1) is 0 Å². The molecule has 0 spiro atoms. The van der Waals surface area contributed by atoms with Crippen LogP contribution in [-0.2, 0) is 14.7 Å². The first-order chi connectivity index (χ1) is 8.82. The first kappa shape index (κ1) is 14.6. The molecule has 0 saturated heterocycles. The Kier molecular flexibility index (Phi) is 4.03. The maximum atomic E-state index is 12.0. The highest BCUT2D eigenvalue weighted by molar-refractivity contribution is 9.10. The number of rotatable bonds is 3. The van der Waals surface area contributed by atoms with E-state index in [0.29, 0.717) is 22.8 Å². The lowest BCUT2D eigenvalue weighted by molar-refractivity contribution is 0.121. The molecule has 6 heteroatoms. The van der Waals surface area contributed by atoms with Crippen LogP contribution in [0.4, 0.5) is 0 Å². The highest BCUT2D eigenvalue weighted by atomic mass is 79.9. The Bertz CT molecular complexity index is 636. The van der Waals surface area contributed by atoms with Crippen molar-refractivity contribution in [3.05, 3.63) is 33.8 Å². The minimum absolute atomic E-state index is 0.189. The first-order valence-corrected chi connectivity index (χ1v) is 8.61. The van der Waals surface area contributed by atoms with Crippen LogP contribution in [0.25, 0.3) is 5.70 Å². The van der Waals surface area contributed by atoms with Crippen molar-refractivity contribution in [3.8, 4) is 0 Å². The van der Waals surface area contributed by atoms with Gasteiger partial charge in [0.1, 0.15) is 0 Å². The summed E-state index contributed by atoms with van der Waals surface area (Å²) < 4.78 is 24.9. The lowest BCUT2D eigenvalue weighted by atomic mass is 9.95. The SMILES string of the molecule is CC(C)c1c(Br)ccc(S(C)(=O)=O)c1C1=CCON1. The van der Waals surface area contributed by atoms with Crippen molar-refractivity contribution >= 4 is 31.5 Å². The molecular formula is C13H16BrNO3S. The van der Waals surface area contributed by atoms with Gasteiger partial charge in [0, 0.05) is 16.3 Å². The molecule has 1 aliphatic rings. The predicted octanol–water partition coefficient (Wildman–Crippen LogP) is 2.85. The van der Waals surface area contributed by atoms with Gasteiger partial charge in [0.25, 0.3) is 0 Å². The van der Waals surface area contributed by atoms with Crippen molar-refractivity contribution in [1.29, 1.82) is 0 Å². The molecule has 1 heterocycles. The minimum atomic E-state index is -3.30. The van der Waals surface area contributed by atoms with E-state index in [-0.39, 0.29) is 5.92 Å². The summed E-state index contributed by atoms with van der Waals surface area (Å²) in [5, 5.41) is 0. The van der Waals surface area contributed by atoms with E-state index in [1.165, 1.54) is 6.26 Å². The van der Waals surface area contributed by atoms with Crippen molar-refractivity contribution in [2.24, 2.45) is 0 Å². The third-order valence-electron chi connectivity index (χ3n) is 2.95. The normalized spacial score (nSPS) is 15.5. The van der Waals surface area contributed by atoms with Crippen LogP contribution in [0.15, 0.2) is 27.6 Å². The topological polar surface area (TPSA) is 55.4 Å². The highest BCUT2D eigenvalue weighted by Gasteiger charge is 2.24. The van der Waals surface area contributed by atoms with Crippen LogP contribution < -0.4 is 5.48 Å². The van der Waals surface area contributed by atoms with Crippen molar-refractivity contribution in [2.75, 3.05) is 12.9 Å². The van der Waals surface area contributed by atoms with Crippen LogP contribution in [0.3, 0.4) is 0 Å². The summed E-state index contributed by atoms with van der Waals surface area (Å²) in [5.74, 6) is 0.189. The average molecular weight is 346 g/mol. The molecule has 0 radical (unpaired) electrons. The largest absolute Gasteiger partial charge is 0.272 e. The third kappa shape index (κ3) is 2.85. The molecule has 1 aromatic carbocycles. The van der Waals surface area contributed by atoms with Gasteiger partial charge in [-0.2, -0.15) is 0 Å². The summed E-state index contributed by atoms with van der Waals surface area (Å²) in [5.41, 5.74) is 5.16. The Labute approximate surface area is 121 Å². The molecule has 1 N–H and O–H groups in total. The summed E-state index contributed by atoms with van der Waals surface area (Å²) in [6.07, 6.45) is 3.07. The van der Waals surface area contributed by atoms with E-state index in [2.05, 4.69) is 21.4 Å². The van der Waals surface area contributed by atoms with Crippen LogP contribution in [0.2, 0.25) is 0 Å². The van der Waals surface area contributed by atoms with E-state index in [0.717, 1.165) is 10.0 Å². The molecule has 1 aliphatic heterocycles. The Hall–Kier alpha value is -0.850. The second kappa shape index (κ2) is 5.26. The number of sulfone groups is 1. The molecule has 0 aliphatic carbocycles. The molecule has 2 rings (SSSR count). The number of hydroxylamine groups is 1. The van der Waals surface area contributed by atoms with Crippen molar-refractivity contribution < 1.29 is 13.3 Å². The summed E-state index contributed by atoms with van der Waals surface area (Å²) >= 11 is 3.51. The monoisotopic (exact) mass is 345 g/mol. The van der Waals surface area contributed by atoms with Crippen molar-refractivity contribution in [2.45, 2.75) is 24.7 Å². The summed E-state index contributed by atoms with van der Waals surface area (Å²) in [6.45, 7) is 4.50. The molecular weight excluding hydrogens is 330 g/mol. The summed E-state index contributed by atoms with van der Waals surface area (Å²) in [4.78, 5) is 5.42. The van der Waals surface area contributed by atoms with E-state index in [1.54, 1.807) is 12.1 Å². The van der Waals surface area contributed by atoms with Crippen molar-refractivity contribution in [3.63, 3.8) is 0 Å². The van der Waals surface area contributed by atoms with E-state index >= 15 is 0 Å². The Morgan fingerprint density at radius 1 is 1.37 bits per heavy atom. The van der Waals surface area contributed by atoms with Gasteiger partial charge >= 0.3 is 0 Å². The molecule has 1 aromatic rings. The van der Waals surface area contributed by atoms with Gasteiger partial charge in [-0.3, -0.25) is 10.3 Å². The molecule has 0 unspecified atom stereocenters. The maximum Gasteiger partial charge on any atom is 0.176 e. The fourth-order valence-corrected chi connectivity index (χ4v) is 3.86. The average Bonchev–Trinajstić information content (AvgIpc) is 2.79. The number of hydrogen-bond donors (Lipinski definition) is 1.